The average Bonchev–Trinajstić information content (AvgIpc) is 2.17. The molecule has 0 aromatic heterocycles. The third kappa shape index (κ3) is 3.49. The van der Waals surface area contributed by atoms with Crippen LogP contribution in [0.4, 0.5) is 0 Å². The van der Waals surface area contributed by atoms with Gasteiger partial charge in [0.1, 0.15) is 0 Å². The van der Waals surface area contributed by atoms with Crippen LogP contribution < -0.4 is 0 Å². The van der Waals surface area contributed by atoms with Gasteiger partial charge in [-0.25, -0.2) is 0 Å². The number of ether oxygens (including phenoxy) is 1. The number of hydrogen-bond acceptors (Lipinski definition) is 3. The highest BCUT2D eigenvalue weighted by Crippen LogP contribution is 2.12. The fourth-order valence-electron chi connectivity index (χ4n) is 1.68. The minimum atomic E-state index is 0.586. The van der Waals surface area contributed by atoms with Gasteiger partial charge < -0.3 is 4.74 Å². The topological polar surface area (TPSA) is 12.5 Å². The number of hydrogen-bond donors (Lipinski definition) is 1. The summed E-state index contributed by atoms with van der Waals surface area (Å²) in [6, 6.07) is 0.586. The van der Waals surface area contributed by atoms with Crippen molar-refractivity contribution in [2.75, 3.05) is 32.1 Å². The monoisotopic (exact) mass is 203 g/mol. The maximum Gasteiger partial charge on any atom is 0.0619 e. The van der Waals surface area contributed by atoms with Gasteiger partial charge in [-0.3, -0.25) is 4.90 Å². The van der Waals surface area contributed by atoms with Gasteiger partial charge in [0.05, 0.1) is 13.2 Å². The molecule has 0 N–H and O–H groups in total. The fraction of sp³-hybridized carbons (Fsp3) is 1.00. The molecule has 0 saturated carbocycles. The Labute approximate surface area is 87.0 Å². The zero-order valence-electron chi connectivity index (χ0n) is 8.70. The first-order chi connectivity index (χ1) is 6.27. The van der Waals surface area contributed by atoms with Crippen molar-refractivity contribution >= 4 is 12.6 Å². The predicted molar refractivity (Wildman–Crippen MR) is 59.5 cm³/mol. The summed E-state index contributed by atoms with van der Waals surface area (Å²) < 4.78 is 5.40. The zero-order valence-corrected chi connectivity index (χ0v) is 9.59. The molecule has 0 aromatic carbocycles. The molecule has 3 heteroatoms. The molecule has 78 valence electrons. The van der Waals surface area contributed by atoms with Crippen LogP contribution in [0.1, 0.15) is 20.3 Å². The lowest BCUT2D eigenvalue weighted by atomic mass is 10.1. The second-order valence-corrected chi connectivity index (χ2v) is 4.24. The largest absolute Gasteiger partial charge is 0.379 e. The van der Waals surface area contributed by atoms with Gasteiger partial charge in [-0.1, -0.05) is 13.3 Å². The van der Waals surface area contributed by atoms with Crippen molar-refractivity contribution in [3.8, 4) is 0 Å². The molecule has 0 radical (unpaired) electrons. The first-order valence-electron chi connectivity index (χ1n) is 5.20. The molecule has 0 aromatic rings. The maximum absolute atomic E-state index is 5.40. The van der Waals surface area contributed by atoms with Gasteiger partial charge in [0.25, 0.3) is 0 Å². The van der Waals surface area contributed by atoms with E-state index in [1.165, 1.54) is 13.0 Å². The lowest BCUT2D eigenvalue weighted by Gasteiger charge is -2.35. The quantitative estimate of drug-likeness (QED) is 0.698. The first kappa shape index (κ1) is 11.3. The summed E-state index contributed by atoms with van der Waals surface area (Å²) in [6.07, 6.45) is 1.23. The van der Waals surface area contributed by atoms with Crippen LogP contribution in [0.2, 0.25) is 0 Å². The van der Waals surface area contributed by atoms with Crippen molar-refractivity contribution < 1.29 is 4.74 Å². The third-order valence-electron chi connectivity index (χ3n) is 2.83. The van der Waals surface area contributed by atoms with Crippen LogP contribution in [-0.2, 0) is 4.74 Å². The molecule has 1 heterocycles. The normalized spacial score (nSPS) is 27.5. The predicted octanol–water partition coefficient (Wildman–Crippen LogP) is 1.66. The minimum Gasteiger partial charge on any atom is -0.379 e. The number of morpholine rings is 1. The molecule has 2 nitrogen and oxygen atoms in total. The summed E-state index contributed by atoms with van der Waals surface area (Å²) in [5.74, 6) is 1.74. The summed E-state index contributed by atoms with van der Waals surface area (Å²) in [5.41, 5.74) is 0. The molecule has 1 fully saturated rings. The van der Waals surface area contributed by atoms with Gasteiger partial charge >= 0.3 is 0 Å². The molecule has 0 bridgehead atoms. The molecule has 1 rings (SSSR count). The van der Waals surface area contributed by atoms with Crippen molar-refractivity contribution in [1.82, 2.24) is 4.90 Å². The number of thiol groups is 1. The number of rotatable bonds is 4. The van der Waals surface area contributed by atoms with E-state index in [-0.39, 0.29) is 0 Å². The van der Waals surface area contributed by atoms with Gasteiger partial charge in [0.15, 0.2) is 0 Å². The first-order valence-corrected chi connectivity index (χ1v) is 5.83. The van der Waals surface area contributed by atoms with Crippen molar-refractivity contribution in [3.05, 3.63) is 0 Å². The summed E-state index contributed by atoms with van der Waals surface area (Å²) in [4.78, 5) is 2.52. The van der Waals surface area contributed by atoms with Crippen LogP contribution >= 0.6 is 12.6 Å². The van der Waals surface area contributed by atoms with Crippen molar-refractivity contribution in [2.24, 2.45) is 5.92 Å². The maximum atomic E-state index is 5.40. The molecule has 13 heavy (non-hydrogen) atoms. The standard InChI is InChI=1S/C10H21NOS/c1-3-10(8-13)6-11-4-5-12-7-9(11)2/h9-10,13H,3-8H2,1-2H3. The van der Waals surface area contributed by atoms with E-state index in [1.54, 1.807) is 0 Å². The molecular weight excluding hydrogens is 182 g/mol. The Balaban J connectivity index is 2.32. The van der Waals surface area contributed by atoms with Crippen LogP contribution in [0.25, 0.3) is 0 Å². The van der Waals surface area contributed by atoms with Crippen LogP contribution in [0, 0.1) is 5.92 Å². The Morgan fingerprint density at radius 1 is 1.62 bits per heavy atom. The van der Waals surface area contributed by atoms with E-state index in [2.05, 4.69) is 31.4 Å². The molecule has 0 spiro atoms. The van der Waals surface area contributed by atoms with Gasteiger partial charge in [-0.2, -0.15) is 12.6 Å². The van der Waals surface area contributed by atoms with E-state index in [0.717, 1.165) is 31.4 Å². The summed E-state index contributed by atoms with van der Waals surface area (Å²) in [6.45, 7) is 8.54. The molecule has 1 aliphatic heterocycles. The molecule has 2 atom stereocenters. The molecule has 1 aliphatic rings. The van der Waals surface area contributed by atoms with Crippen LogP contribution in [0.15, 0.2) is 0 Å². The highest BCUT2D eigenvalue weighted by Gasteiger charge is 2.20. The Bertz CT molecular complexity index is 139. The zero-order chi connectivity index (χ0) is 9.68. The third-order valence-corrected chi connectivity index (χ3v) is 3.35. The molecule has 1 saturated heterocycles. The van der Waals surface area contributed by atoms with Crippen molar-refractivity contribution in [1.29, 1.82) is 0 Å². The van der Waals surface area contributed by atoms with Gasteiger partial charge in [0, 0.05) is 19.1 Å². The average molecular weight is 203 g/mol. The summed E-state index contributed by atoms with van der Waals surface area (Å²) in [7, 11) is 0. The van der Waals surface area contributed by atoms with Crippen molar-refractivity contribution in [2.45, 2.75) is 26.3 Å². The SMILES string of the molecule is CCC(CS)CN1CCOCC1C. The molecular formula is C10H21NOS. The number of nitrogens with zero attached hydrogens (tertiary/aromatic N) is 1. The van der Waals surface area contributed by atoms with E-state index >= 15 is 0 Å². The minimum absolute atomic E-state index is 0.586. The van der Waals surface area contributed by atoms with Gasteiger partial charge in [-0.15, -0.1) is 0 Å². The van der Waals surface area contributed by atoms with Crippen molar-refractivity contribution in [3.63, 3.8) is 0 Å². The Kier molecular flexibility index (Phi) is 5.14. The Hall–Kier alpha value is 0.270. The summed E-state index contributed by atoms with van der Waals surface area (Å²) in [5, 5.41) is 0. The van der Waals surface area contributed by atoms with Crippen LogP contribution in [0.3, 0.4) is 0 Å². The van der Waals surface area contributed by atoms with E-state index < -0.39 is 0 Å². The van der Waals surface area contributed by atoms with Crippen LogP contribution in [0.5, 0.6) is 0 Å². The van der Waals surface area contributed by atoms with E-state index in [0.29, 0.717) is 6.04 Å². The molecule has 0 aliphatic carbocycles. The second kappa shape index (κ2) is 5.89. The van der Waals surface area contributed by atoms with E-state index in [1.807, 2.05) is 0 Å². The highest BCUT2D eigenvalue weighted by molar-refractivity contribution is 7.80. The Morgan fingerprint density at radius 3 is 2.92 bits per heavy atom. The van der Waals surface area contributed by atoms with E-state index in [4.69, 9.17) is 4.74 Å². The lowest BCUT2D eigenvalue weighted by molar-refractivity contribution is -0.00607. The van der Waals surface area contributed by atoms with Crippen LogP contribution in [-0.4, -0.2) is 43.0 Å². The van der Waals surface area contributed by atoms with Gasteiger partial charge in [-0.05, 0) is 18.6 Å². The Morgan fingerprint density at radius 2 is 2.38 bits per heavy atom. The van der Waals surface area contributed by atoms with E-state index in [9.17, 15) is 0 Å². The summed E-state index contributed by atoms with van der Waals surface area (Å²) >= 11 is 4.37. The smallest absolute Gasteiger partial charge is 0.0619 e. The lowest BCUT2D eigenvalue weighted by Crippen LogP contribution is -2.45. The molecule has 0 amide bonds. The van der Waals surface area contributed by atoms with Gasteiger partial charge in [0.2, 0.25) is 0 Å². The highest BCUT2D eigenvalue weighted by atomic mass is 32.1. The fourth-order valence-corrected chi connectivity index (χ4v) is 2.05. The molecule has 2 unspecified atom stereocenters. The second-order valence-electron chi connectivity index (χ2n) is 3.88.